The molecule has 18 heteroatoms. The summed E-state index contributed by atoms with van der Waals surface area (Å²) in [6, 6.07) is 7.82. The number of amides is 5. The van der Waals surface area contributed by atoms with Crippen LogP contribution in [0, 0.1) is 6.92 Å². The number of piperidine rings is 1. The monoisotopic (exact) mass is 845 g/mol. The van der Waals surface area contributed by atoms with Gasteiger partial charge in [0.1, 0.15) is 17.5 Å². The van der Waals surface area contributed by atoms with Crippen molar-refractivity contribution in [3.63, 3.8) is 0 Å². The fourth-order valence-corrected chi connectivity index (χ4v) is 9.03. The molecule has 3 aliphatic heterocycles. The number of pyridine rings is 2. The average Bonchev–Trinajstić information content (AvgIpc) is 3.87. The van der Waals surface area contributed by atoms with Crippen molar-refractivity contribution in [1.29, 1.82) is 0 Å². The number of unbranched alkanes of at least 4 members (excludes halogenated alkanes) is 2. The number of nitrogens with zero attached hydrogens (tertiary/aromatic N) is 7. The zero-order valence-electron chi connectivity index (χ0n) is 35.0. The van der Waals surface area contributed by atoms with E-state index in [2.05, 4.69) is 41.0 Å². The molecule has 1 atom stereocenters. The zero-order valence-corrected chi connectivity index (χ0v) is 35.0. The predicted octanol–water partition coefficient (Wildman–Crippen LogP) is 3.48. The molecule has 18 nitrogen and oxygen atoms in total. The summed E-state index contributed by atoms with van der Waals surface area (Å²) in [5, 5.41) is 12.4. The smallest absolute Gasteiger partial charge is 0.264 e. The average molecular weight is 846 g/mol. The van der Waals surface area contributed by atoms with E-state index in [1.165, 1.54) is 6.92 Å². The van der Waals surface area contributed by atoms with Gasteiger partial charge in [0.15, 0.2) is 5.78 Å². The van der Waals surface area contributed by atoms with Crippen molar-refractivity contribution < 1.29 is 28.8 Å². The number of aromatic nitrogens is 4. The van der Waals surface area contributed by atoms with Gasteiger partial charge in [-0.15, -0.1) is 0 Å². The minimum Gasteiger partial charge on any atom is -0.384 e. The number of piperazine rings is 1. The summed E-state index contributed by atoms with van der Waals surface area (Å²) in [5.74, 6) is -1.55. The van der Waals surface area contributed by atoms with Crippen LogP contribution in [-0.2, 0) is 14.4 Å². The van der Waals surface area contributed by atoms with Crippen molar-refractivity contribution in [3.05, 3.63) is 75.3 Å². The molecule has 3 aromatic heterocycles. The molecule has 5 amide bonds. The highest BCUT2D eigenvalue weighted by Crippen LogP contribution is 2.34. The maximum absolute atomic E-state index is 13.6. The zero-order chi connectivity index (χ0) is 43.5. The van der Waals surface area contributed by atoms with Crippen LogP contribution in [0.4, 0.5) is 23.1 Å². The van der Waals surface area contributed by atoms with E-state index in [0.717, 1.165) is 81.7 Å². The molecule has 8 rings (SSSR count). The van der Waals surface area contributed by atoms with Crippen LogP contribution >= 0.6 is 0 Å². The molecule has 6 heterocycles. The van der Waals surface area contributed by atoms with Gasteiger partial charge in [-0.05, 0) is 82.2 Å². The number of ketones is 1. The van der Waals surface area contributed by atoms with Gasteiger partial charge in [-0.25, -0.2) is 9.97 Å². The lowest BCUT2D eigenvalue weighted by Gasteiger charge is -2.35. The van der Waals surface area contributed by atoms with Gasteiger partial charge in [-0.2, -0.15) is 4.98 Å². The Labute approximate surface area is 357 Å². The Balaban J connectivity index is 0.753. The minimum atomic E-state index is -1.01. The van der Waals surface area contributed by atoms with E-state index in [0.29, 0.717) is 53.7 Å². The summed E-state index contributed by atoms with van der Waals surface area (Å²) in [5.41, 5.74) is 2.98. The summed E-state index contributed by atoms with van der Waals surface area (Å²) in [6.45, 7) is 7.53. The van der Waals surface area contributed by atoms with Crippen LogP contribution in [0.5, 0.6) is 0 Å². The van der Waals surface area contributed by atoms with E-state index in [1.807, 2.05) is 12.1 Å². The molecule has 4 aliphatic rings. The third kappa shape index (κ3) is 8.64. The predicted molar refractivity (Wildman–Crippen MR) is 231 cm³/mol. The number of hydrogen-bond acceptors (Lipinski definition) is 14. The van der Waals surface area contributed by atoms with Gasteiger partial charge in [0.25, 0.3) is 17.4 Å². The van der Waals surface area contributed by atoms with Gasteiger partial charge < -0.3 is 20.9 Å². The van der Waals surface area contributed by atoms with E-state index >= 15 is 0 Å². The van der Waals surface area contributed by atoms with E-state index in [4.69, 9.17) is 4.98 Å². The molecule has 1 saturated carbocycles. The number of rotatable bonds is 15. The normalized spacial score (nSPS) is 18.3. The maximum atomic E-state index is 13.6. The molecule has 0 spiro atoms. The quantitative estimate of drug-likeness (QED) is 0.0765. The third-order valence-electron chi connectivity index (χ3n) is 12.3. The van der Waals surface area contributed by atoms with Crippen molar-refractivity contribution in [2.45, 2.75) is 83.7 Å². The largest absolute Gasteiger partial charge is 0.384 e. The van der Waals surface area contributed by atoms with Gasteiger partial charge in [0.2, 0.25) is 23.7 Å². The van der Waals surface area contributed by atoms with E-state index in [9.17, 15) is 33.6 Å². The summed E-state index contributed by atoms with van der Waals surface area (Å²) in [4.78, 5) is 108. The lowest BCUT2D eigenvalue weighted by Crippen LogP contribution is -2.54. The van der Waals surface area contributed by atoms with Crippen LogP contribution in [-0.4, -0.2) is 116 Å². The fraction of sp³-hybridized carbons (Fsp3) is 0.455. The Morgan fingerprint density at radius 1 is 0.871 bits per heavy atom. The van der Waals surface area contributed by atoms with Crippen LogP contribution in [0.3, 0.4) is 0 Å². The Morgan fingerprint density at radius 2 is 1.65 bits per heavy atom. The number of Topliss-reactive ketones (excluding diaryl/α,β-unsaturated/α-hetero) is 1. The van der Waals surface area contributed by atoms with Crippen LogP contribution in [0.1, 0.15) is 107 Å². The number of anilines is 4. The molecule has 2 saturated heterocycles. The van der Waals surface area contributed by atoms with Gasteiger partial charge in [0, 0.05) is 69.0 Å². The number of fused-ring (bicyclic) bond motifs is 2. The lowest BCUT2D eigenvalue weighted by molar-refractivity contribution is -0.136. The van der Waals surface area contributed by atoms with Crippen molar-refractivity contribution in [1.82, 2.24) is 40.0 Å². The molecule has 1 unspecified atom stereocenters. The van der Waals surface area contributed by atoms with Crippen LogP contribution < -0.4 is 31.7 Å². The van der Waals surface area contributed by atoms with E-state index in [1.54, 1.807) is 42.1 Å². The number of imide groups is 2. The van der Waals surface area contributed by atoms with Crippen molar-refractivity contribution >= 4 is 69.5 Å². The molecular weight excluding hydrogens is 795 g/mol. The molecule has 324 valence electrons. The van der Waals surface area contributed by atoms with Crippen LogP contribution in [0.15, 0.2) is 47.5 Å². The highest BCUT2D eigenvalue weighted by molar-refractivity contribution is 6.25. The second kappa shape index (κ2) is 18.2. The molecule has 1 aliphatic carbocycles. The molecule has 0 radical (unpaired) electrons. The van der Waals surface area contributed by atoms with Crippen molar-refractivity contribution in [2.75, 3.05) is 61.3 Å². The second-order valence-corrected chi connectivity index (χ2v) is 16.4. The number of benzene rings is 1. The lowest BCUT2D eigenvalue weighted by atomic mass is 10.0. The molecular formula is C44H51N11O7. The highest BCUT2D eigenvalue weighted by Gasteiger charge is 2.45. The fourth-order valence-electron chi connectivity index (χ4n) is 9.03. The van der Waals surface area contributed by atoms with E-state index < -0.39 is 29.7 Å². The number of carbonyl (C=O) groups excluding carboxylic acids is 6. The molecule has 0 bridgehead atoms. The second-order valence-electron chi connectivity index (χ2n) is 16.4. The van der Waals surface area contributed by atoms with Gasteiger partial charge in [-0.1, -0.05) is 18.9 Å². The first kappa shape index (κ1) is 42.1. The standard InChI is InChI=1S/C44H51N11O7/c1-26-31-24-48-44(51-39(31)54(28-9-4-5-10-28)42(61)37(26)27(2)56)49-34-15-13-29(23-47-34)53-21-19-52(20-22-53)25-36(58)46-18-7-3-6-17-45-32-12-8-11-30-38(32)43(62)55(41(30)60)33-14-16-35(57)50-40(33)59/h8,11-13,15,23-24,28,33,45H,3-7,9-10,14,16-22,25H2,1-2H3,(H,46,58)(H,50,57,59)(H,47,48,49,51). The summed E-state index contributed by atoms with van der Waals surface area (Å²) >= 11 is 0. The molecule has 1 aromatic carbocycles. The summed E-state index contributed by atoms with van der Waals surface area (Å²) < 4.78 is 1.69. The SMILES string of the molecule is CC(=O)c1c(C)c2cnc(Nc3ccc(N4CCN(CC(=O)NCCCCCNc5cccc6c5C(=O)N(C5CCC(=O)NC5=O)C6=O)CC4)cn3)nc2n(C2CCCC2)c1=O. The third-order valence-corrected chi connectivity index (χ3v) is 12.3. The number of nitrogens with one attached hydrogen (secondary N) is 4. The van der Waals surface area contributed by atoms with E-state index in [-0.39, 0.29) is 52.8 Å². The van der Waals surface area contributed by atoms with Crippen LogP contribution in [0.25, 0.3) is 11.0 Å². The van der Waals surface area contributed by atoms with Gasteiger partial charge in [-0.3, -0.25) is 53.2 Å². The maximum Gasteiger partial charge on any atom is 0.264 e. The number of hydrogen-bond donors (Lipinski definition) is 4. The van der Waals surface area contributed by atoms with Gasteiger partial charge >= 0.3 is 0 Å². The molecule has 4 N–H and O–H groups in total. The number of aryl methyl sites for hydroxylation is 1. The van der Waals surface area contributed by atoms with Crippen LogP contribution in [0.2, 0.25) is 0 Å². The summed E-state index contributed by atoms with van der Waals surface area (Å²) in [7, 11) is 0. The summed E-state index contributed by atoms with van der Waals surface area (Å²) in [6.07, 6.45) is 9.80. The highest BCUT2D eigenvalue weighted by atomic mass is 16.2. The van der Waals surface area contributed by atoms with Crippen molar-refractivity contribution in [3.8, 4) is 0 Å². The Kier molecular flexibility index (Phi) is 12.4. The van der Waals surface area contributed by atoms with Gasteiger partial charge in [0.05, 0.1) is 35.1 Å². The molecule has 3 fully saturated rings. The minimum absolute atomic E-state index is 0.00955. The molecule has 4 aromatic rings. The first-order chi connectivity index (χ1) is 30.0. The molecule has 62 heavy (non-hydrogen) atoms. The topological polar surface area (TPSA) is 221 Å². The Bertz CT molecular complexity index is 2490. The Morgan fingerprint density at radius 3 is 2.37 bits per heavy atom. The van der Waals surface area contributed by atoms with Crippen molar-refractivity contribution in [2.24, 2.45) is 0 Å². The first-order valence-corrected chi connectivity index (χ1v) is 21.5. The number of carbonyl (C=O) groups is 6. The Hall–Kier alpha value is -6.56. The first-order valence-electron chi connectivity index (χ1n) is 21.5.